The third-order valence-electron chi connectivity index (χ3n) is 11.7. The standard InChI is InChI=1S/C54H80N2O10/c1-9-11-13-15-17-19-21-23-43-26-30-46(31-27-43)61-35-48(37-63-51(57)39(3)4)66-54(60)56-50-34-45(29-25-41(50)7)55-53(59)65-49(38-64-52(58)40(5)6)36-62-47-32-28-44(42(8)33-47)24-22-20-18-16-14-12-10-2/h25-26,28-32,34,42-43,48-49H,3,5,9-24,27,33,35-38H2,1-2,4,6-8H3,(H,55,59)(H,56,60). The minimum atomic E-state index is -0.941. The third-order valence-corrected chi connectivity index (χ3v) is 11.7. The Bertz CT molecular complexity index is 1840. The summed E-state index contributed by atoms with van der Waals surface area (Å²) in [5.74, 6) is 0.990. The second-order valence-corrected chi connectivity index (χ2v) is 17.9. The molecule has 12 heteroatoms. The molecule has 0 heterocycles. The highest BCUT2D eigenvalue weighted by molar-refractivity contribution is 5.90. The van der Waals surface area contributed by atoms with Crippen LogP contribution in [0.15, 0.2) is 90.0 Å². The van der Waals surface area contributed by atoms with Gasteiger partial charge >= 0.3 is 24.1 Å². The van der Waals surface area contributed by atoms with Crippen LogP contribution in [-0.4, -0.2) is 62.8 Å². The van der Waals surface area contributed by atoms with Crippen molar-refractivity contribution in [3.05, 3.63) is 95.5 Å². The van der Waals surface area contributed by atoms with Gasteiger partial charge in [0.15, 0.2) is 12.2 Å². The predicted octanol–water partition coefficient (Wildman–Crippen LogP) is 13.7. The molecule has 0 fully saturated rings. The van der Waals surface area contributed by atoms with Gasteiger partial charge in [-0.1, -0.05) is 141 Å². The number of amides is 2. The summed E-state index contributed by atoms with van der Waals surface area (Å²) in [6.07, 6.45) is 28.3. The predicted molar refractivity (Wildman–Crippen MR) is 263 cm³/mol. The first kappa shape index (κ1) is 55.1. The van der Waals surface area contributed by atoms with Gasteiger partial charge in [0.25, 0.3) is 0 Å². The third kappa shape index (κ3) is 22.8. The largest absolute Gasteiger partial charge is 0.494 e. The number of ether oxygens (including phenoxy) is 6. The maximum Gasteiger partial charge on any atom is 0.412 e. The van der Waals surface area contributed by atoms with E-state index in [-0.39, 0.29) is 37.6 Å². The molecule has 0 radical (unpaired) electrons. The number of allylic oxidation sites excluding steroid dienone is 7. The Morgan fingerprint density at radius 1 is 0.712 bits per heavy atom. The first-order valence-electron chi connectivity index (χ1n) is 24.5. The molecule has 12 nitrogen and oxygen atoms in total. The molecule has 0 saturated carbocycles. The molecule has 0 aromatic heterocycles. The SMILES string of the molecule is C=C(C)C(=O)OCC(COC1=CC=C(CCCCCCCCC)C(C)C1)OC(=O)Nc1ccc(C)c(NC(=O)OC(COC(=O)C(=C)C)COC2=CCC(CCCCCCCCC)C=C2)c1. The number of unbranched alkanes of at least 4 members (excludes halogenated alkanes) is 12. The number of carbonyl (C=O) groups is 4. The molecule has 1 aromatic rings. The molecule has 1 aromatic carbocycles. The van der Waals surface area contributed by atoms with Crippen molar-refractivity contribution < 1.29 is 47.6 Å². The fraction of sp³-hybridized carbons (Fsp3) is 0.593. The summed E-state index contributed by atoms with van der Waals surface area (Å²) in [5, 5.41) is 5.42. The smallest absolute Gasteiger partial charge is 0.412 e. The van der Waals surface area contributed by atoms with Crippen LogP contribution in [0.1, 0.15) is 156 Å². The van der Waals surface area contributed by atoms with E-state index in [1.54, 1.807) is 25.1 Å². The van der Waals surface area contributed by atoms with Crippen molar-refractivity contribution in [2.45, 2.75) is 169 Å². The summed E-state index contributed by atoms with van der Waals surface area (Å²) in [6.45, 7) is 18.2. The molecule has 0 aliphatic heterocycles. The molecule has 2 amide bonds. The van der Waals surface area contributed by atoms with Crippen LogP contribution < -0.4 is 10.6 Å². The maximum absolute atomic E-state index is 13.3. The van der Waals surface area contributed by atoms with E-state index < -0.39 is 36.3 Å². The van der Waals surface area contributed by atoms with Crippen molar-refractivity contribution in [3.63, 3.8) is 0 Å². The number of carbonyl (C=O) groups excluding carboxylic acids is 4. The van der Waals surface area contributed by atoms with Crippen LogP contribution in [0.3, 0.4) is 0 Å². The number of rotatable bonds is 32. The van der Waals surface area contributed by atoms with Gasteiger partial charge in [0.2, 0.25) is 0 Å². The lowest BCUT2D eigenvalue weighted by molar-refractivity contribution is -0.143. The Morgan fingerprint density at radius 3 is 1.83 bits per heavy atom. The molecule has 3 rings (SSSR count). The molecule has 0 saturated heterocycles. The lowest BCUT2D eigenvalue weighted by Crippen LogP contribution is -2.32. The van der Waals surface area contributed by atoms with Gasteiger partial charge < -0.3 is 28.4 Å². The Kier molecular flexibility index (Phi) is 26.4. The van der Waals surface area contributed by atoms with E-state index in [4.69, 9.17) is 28.4 Å². The number of aryl methyl sites for hydroxylation is 1. The van der Waals surface area contributed by atoms with Gasteiger partial charge in [-0.15, -0.1) is 0 Å². The molecule has 4 atom stereocenters. The zero-order valence-electron chi connectivity index (χ0n) is 41.0. The van der Waals surface area contributed by atoms with Crippen molar-refractivity contribution in [1.82, 2.24) is 0 Å². The average Bonchev–Trinajstić information content (AvgIpc) is 3.29. The number of nitrogens with one attached hydrogen (secondary N) is 2. The average molecular weight is 917 g/mol. The molecule has 4 unspecified atom stereocenters. The van der Waals surface area contributed by atoms with E-state index >= 15 is 0 Å². The van der Waals surface area contributed by atoms with Crippen molar-refractivity contribution in [2.24, 2.45) is 11.8 Å². The second kappa shape index (κ2) is 31.6. The molecule has 2 aliphatic rings. The Morgan fingerprint density at radius 2 is 1.27 bits per heavy atom. The number of esters is 2. The van der Waals surface area contributed by atoms with Crippen LogP contribution in [0.2, 0.25) is 0 Å². The molecule has 2 aliphatic carbocycles. The van der Waals surface area contributed by atoms with Crippen LogP contribution in [0.4, 0.5) is 21.0 Å². The fourth-order valence-corrected chi connectivity index (χ4v) is 7.55. The van der Waals surface area contributed by atoms with Crippen LogP contribution in [0, 0.1) is 18.8 Å². The van der Waals surface area contributed by atoms with Gasteiger partial charge in [-0.2, -0.15) is 0 Å². The molecule has 366 valence electrons. The normalized spacial score (nSPS) is 16.4. The van der Waals surface area contributed by atoms with Crippen molar-refractivity contribution in [1.29, 1.82) is 0 Å². The molecule has 2 N–H and O–H groups in total. The number of hydrogen-bond acceptors (Lipinski definition) is 10. The minimum absolute atomic E-state index is 0.0388. The van der Waals surface area contributed by atoms with Crippen molar-refractivity contribution in [2.75, 3.05) is 37.1 Å². The zero-order valence-corrected chi connectivity index (χ0v) is 41.0. The summed E-state index contributed by atoms with van der Waals surface area (Å²) in [6, 6.07) is 4.93. The van der Waals surface area contributed by atoms with Gasteiger partial charge in [-0.3, -0.25) is 10.6 Å². The lowest BCUT2D eigenvalue weighted by Gasteiger charge is -2.24. The first-order valence-corrected chi connectivity index (χ1v) is 24.5. The maximum atomic E-state index is 13.3. The van der Waals surface area contributed by atoms with Crippen LogP contribution in [0.25, 0.3) is 0 Å². The molecule has 0 bridgehead atoms. The Labute approximate surface area is 395 Å². The quantitative estimate of drug-likeness (QED) is 0.0310. The van der Waals surface area contributed by atoms with E-state index in [1.807, 2.05) is 18.2 Å². The molecular formula is C54H80N2O10. The molecular weight excluding hydrogens is 837 g/mol. The van der Waals surface area contributed by atoms with Crippen LogP contribution >= 0.6 is 0 Å². The van der Waals surface area contributed by atoms with E-state index in [9.17, 15) is 19.2 Å². The van der Waals surface area contributed by atoms with E-state index in [1.165, 1.54) is 109 Å². The molecule has 0 spiro atoms. The topological polar surface area (TPSA) is 148 Å². The highest BCUT2D eigenvalue weighted by atomic mass is 16.6. The van der Waals surface area contributed by atoms with Crippen molar-refractivity contribution in [3.8, 4) is 0 Å². The number of anilines is 2. The summed E-state index contributed by atoms with van der Waals surface area (Å²) >= 11 is 0. The monoisotopic (exact) mass is 917 g/mol. The van der Waals surface area contributed by atoms with E-state index in [0.29, 0.717) is 34.5 Å². The van der Waals surface area contributed by atoms with Gasteiger partial charge in [0.1, 0.15) is 32.2 Å². The van der Waals surface area contributed by atoms with Crippen LogP contribution in [-0.2, 0) is 38.0 Å². The van der Waals surface area contributed by atoms with Crippen LogP contribution in [0.5, 0.6) is 0 Å². The Balaban J connectivity index is 1.56. The van der Waals surface area contributed by atoms with Gasteiger partial charge in [0, 0.05) is 28.9 Å². The van der Waals surface area contributed by atoms with Gasteiger partial charge in [-0.05, 0) is 94.2 Å². The van der Waals surface area contributed by atoms with E-state index in [2.05, 4.69) is 56.7 Å². The van der Waals surface area contributed by atoms with Crippen molar-refractivity contribution >= 4 is 35.5 Å². The highest BCUT2D eigenvalue weighted by Gasteiger charge is 2.23. The van der Waals surface area contributed by atoms with E-state index in [0.717, 1.165) is 31.4 Å². The zero-order chi connectivity index (χ0) is 48.1. The Hall–Kier alpha value is -5.26. The lowest BCUT2D eigenvalue weighted by atomic mass is 9.88. The molecule has 66 heavy (non-hydrogen) atoms. The minimum Gasteiger partial charge on any atom is -0.494 e. The highest BCUT2D eigenvalue weighted by Crippen LogP contribution is 2.30. The number of hydrogen-bond donors (Lipinski definition) is 2. The summed E-state index contributed by atoms with van der Waals surface area (Å²) in [7, 11) is 0. The van der Waals surface area contributed by atoms with Gasteiger partial charge in [0.05, 0.1) is 5.76 Å². The fourth-order valence-electron chi connectivity index (χ4n) is 7.55. The summed E-state index contributed by atoms with van der Waals surface area (Å²) in [4.78, 5) is 51.0. The second-order valence-electron chi connectivity index (χ2n) is 17.9. The first-order chi connectivity index (χ1) is 31.8. The van der Waals surface area contributed by atoms with Gasteiger partial charge in [-0.25, -0.2) is 19.2 Å². The summed E-state index contributed by atoms with van der Waals surface area (Å²) < 4.78 is 34.2. The number of benzene rings is 1. The summed E-state index contributed by atoms with van der Waals surface area (Å²) in [5.41, 5.74) is 3.19.